The van der Waals surface area contributed by atoms with Crippen molar-refractivity contribution in [2.45, 2.75) is 25.3 Å². The molecule has 4 rings (SSSR count). The third kappa shape index (κ3) is 3.55. The van der Waals surface area contributed by atoms with Crippen molar-refractivity contribution in [1.29, 1.82) is 0 Å². The third-order valence-corrected chi connectivity index (χ3v) is 4.79. The van der Waals surface area contributed by atoms with Crippen LogP contribution in [0.3, 0.4) is 0 Å². The number of amides is 3. The van der Waals surface area contributed by atoms with E-state index in [9.17, 15) is 9.59 Å². The minimum absolute atomic E-state index is 0.203. The van der Waals surface area contributed by atoms with Gasteiger partial charge in [-0.15, -0.1) is 0 Å². The predicted octanol–water partition coefficient (Wildman–Crippen LogP) is 1.71. The van der Waals surface area contributed by atoms with Crippen LogP contribution in [0, 0.1) is 0 Å². The molecule has 8 nitrogen and oxygen atoms in total. The fourth-order valence-corrected chi connectivity index (χ4v) is 3.60. The maximum Gasteiger partial charge on any atom is 0.328 e. The maximum absolute atomic E-state index is 12.1. The number of carbonyl (C=O) groups excluding carboxylic acids is 2. The molecule has 1 aromatic heterocycles. The van der Waals surface area contributed by atoms with E-state index in [2.05, 4.69) is 33.5 Å². The molecule has 3 amide bonds. The fraction of sp³-hybridized carbons (Fsp3) is 0.389. The number of benzene rings is 1. The lowest BCUT2D eigenvalue weighted by atomic mass is 10.1. The SMILES string of the molecule is O=C1CCN(c2cccc3c2ccn3C2CCNCC2)C(=O)N1.O=CO. The number of carbonyl (C=O) groups is 3. The molecule has 2 fully saturated rings. The number of piperidine rings is 1. The molecule has 0 spiro atoms. The Labute approximate surface area is 150 Å². The first-order valence-corrected chi connectivity index (χ1v) is 8.65. The molecule has 26 heavy (non-hydrogen) atoms. The van der Waals surface area contributed by atoms with Gasteiger partial charge < -0.3 is 15.0 Å². The highest BCUT2D eigenvalue weighted by Crippen LogP contribution is 2.32. The first-order chi connectivity index (χ1) is 12.7. The molecule has 0 radical (unpaired) electrons. The Bertz CT molecular complexity index is 811. The number of fused-ring (bicyclic) bond motifs is 1. The number of nitrogens with zero attached hydrogens (tertiary/aromatic N) is 2. The summed E-state index contributed by atoms with van der Waals surface area (Å²) in [5.41, 5.74) is 2.03. The lowest BCUT2D eigenvalue weighted by molar-refractivity contribution is -0.123. The second-order valence-electron chi connectivity index (χ2n) is 6.27. The topological polar surface area (TPSA) is 104 Å². The van der Waals surface area contributed by atoms with Gasteiger partial charge in [-0.25, -0.2) is 4.79 Å². The van der Waals surface area contributed by atoms with Crippen LogP contribution in [0.15, 0.2) is 30.5 Å². The largest absolute Gasteiger partial charge is 0.483 e. The summed E-state index contributed by atoms with van der Waals surface area (Å²) in [5, 5.41) is 13.7. The van der Waals surface area contributed by atoms with Crippen molar-refractivity contribution in [3.8, 4) is 0 Å². The van der Waals surface area contributed by atoms with Gasteiger partial charge in [0.1, 0.15) is 0 Å². The molecule has 2 saturated heterocycles. The highest BCUT2D eigenvalue weighted by atomic mass is 16.3. The van der Waals surface area contributed by atoms with E-state index >= 15 is 0 Å². The molecule has 0 unspecified atom stereocenters. The van der Waals surface area contributed by atoms with E-state index in [-0.39, 0.29) is 18.4 Å². The van der Waals surface area contributed by atoms with Gasteiger partial charge in [-0.1, -0.05) is 6.07 Å². The average Bonchev–Trinajstić information content (AvgIpc) is 3.08. The van der Waals surface area contributed by atoms with Gasteiger partial charge in [-0.2, -0.15) is 0 Å². The van der Waals surface area contributed by atoms with Crippen LogP contribution < -0.4 is 15.5 Å². The first kappa shape index (κ1) is 17.9. The van der Waals surface area contributed by atoms with Gasteiger partial charge in [-0.3, -0.25) is 19.8 Å². The van der Waals surface area contributed by atoms with E-state index in [1.54, 1.807) is 4.90 Å². The van der Waals surface area contributed by atoms with Crippen molar-refractivity contribution in [3.05, 3.63) is 30.5 Å². The summed E-state index contributed by atoms with van der Waals surface area (Å²) in [5.74, 6) is -0.203. The predicted molar refractivity (Wildman–Crippen MR) is 97.3 cm³/mol. The summed E-state index contributed by atoms with van der Waals surface area (Å²) in [7, 11) is 0. The van der Waals surface area contributed by atoms with Crippen LogP contribution in [0.5, 0.6) is 0 Å². The van der Waals surface area contributed by atoms with Gasteiger partial charge in [0.05, 0.1) is 11.2 Å². The number of aromatic nitrogens is 1. The minimum Gasteiger partial charge on any atom is -0.483 e. The Kier molecular flexibility index (Phi) is 5.52. The molecule has 3 N–H and O–H groups in total. The number of rotatable bonds is 2. The molecule has 2 aliphatic rings. The van der Waals surface area contributed by atoms with E-state index in [1.807, 2.05) is 12.1 Å². The van der Waals surface area contributed by atoms with Crippen molar-refractivity contribution in [2.24, 2.45) is 0 Å². The molecule has 3 heterocycles. The van der Waals surface area contributed by atoms with Gasteiger partial charge in [0.25, 0.3) is 6.47 Å². The highest BCUT2D eigenvalue weighted by Gasteiger charge is 2.26. The summed E-state index contributed by atoms with van der Waals surface area (Å²) >= 11 is 0. The van der Waals surface area contributed by atoms with E-state index < -0.39 is 0 Å². The molecule has 138 valence electrons. The lowest BCUT2D eigenvalue weighted by Gasteiger charge is -2.28. The van der Waals surface area contributed by atoms with Crippen LogP contribution in [-0.4, -0.2) is 47.7 Å². The lowest BCUT2D eigenvalue weighted by Crippen LogP contribution is -2.49. The Morgan fingerprint density at radius 2 is 1.88 bits per heavy atom. The van der Waals surface area contributed by atoms with E-state index in [4.69, 9.17) is 9.90 Å². The van der Waals surface area contributed by atoms with Gasteiger partial charge in [0.2, 0.25) is 5.91 Å². The van der Waals surface area contributed by atoms with Crippen LogP contribution >= 0.6 is 0 Å². The van der Waals surface area contributed by atoms with Crippen molar-refractivity contribution in [3.63, 3.8) is 0 Å². The van der Waals surface area contributed by atoms with Gasteiger partial charge in [0, 0.05) is 30.6 Å². The zero-order valence-corrected chi connectivity index (χ0v) is 14.4. The number of imide groups is 1. The summed E-state index contributed by atoms with van der Waals surface area (Å²) in [6.45, 7) is 2.27. The molecular formula is C18H22N4O4. The van der Waals surface area contributed by atoms with Crippen molar-refractivity contribution in [2.75, 3.05) is 24.5 Å². The fourth-order valence-electron chi connectivity index (χ4n) is 3.60. The Balaban J connectivity index is 0.000000613. The summed E-state index contributed by atoms with van der Waals surface area (Å²) < 4.78 is 2.33. The number of urea groups is 1. The van der Waals surface area contributed by atoms with Crippen molar-refractivity contribution in [1.82, 2.24) is 15.2 Å². The van der Waals surface area contributed by atoms with Crippen LogP contribution in [-0.2, 0) is 9.59 Å². The van der Waals surface area contributed by atoms with Gasteiger partial charge in [-0.05, 0) is 44.1 Å². The molecule has 2 aliphatic heterocycles. The monoisotopic (exact) mass is 358 g/mol. The van der Waals surface area contributed by atoms with Crippen molar-refractivity contribution >= 4 is 35.0 Å². The van der Waals surface area contributed by atoms with Crippen LogP contribution in [0.2, 0.25) is 0 Å². The second-order valence-corrected chi connectivity index (χ2v) is 6.27. The van der Waals surface area contributed by atoms with Crippen LogP contribution in [0.4, 0.5) is 10.5 Å². The molecule has 2 aromatic rings. The number of carboxylic acid groups (broad SMARTS) is 1. The zero-order valence-electron chi connectivity index (χ0n) is 14.4. The molecule has 0 atom stereocenters. The normalized spacial score (nSPS) is 18.2. The minimum atomic E-state index is -0.330. The van der Waals surface area contributed by atoms with E-state index in [0.717, 1.165) is 42.5 Å². The van der Waals surface area contributed by atoms with Gasteiger partial charge in [0.15, 0.2) is 0 Å². The summed E-state index contributed by atoms with van der Waals surface area (Å²) in [4.78, 5) is 33.5. The molecule has 1 aromatic carbocycles. The Morgan fingerprint density at radius 1 is 1.15 bits per heavy atom. The Hall–Kier alpha value is -2.87. The number of hydrogen-bond donors (Lipinski definition) is 3. The number of anilines is 1. The molecule has 0 saturated carbocycles. The number of hydrogen-bond acceptors (Lipinski definition) is 4. The number of nitrogens with one attached hydrogen (secondary N) is 2. The highest BCUT2D eigenvalue weighted by molar-refractivity contribution is 6.09. The van der Waals surface area contributed by atoms with E-state index in [1.165, 1.54) is 0 Å². The van der Waals surface area contributed by atoms with Gasteiger partial charge >= 0.3 is 6.03 Å². The standard InChI is InChI=1S/C17H20N4O2.CH2O2/c22-16-7-11-21(17(23)19-16)15-3-1-2-14-13(15)6-10-20(14)12-4-8-18-9-5-12;2-1-3/h1-3,6,10,12,18H,4-5,7-9,11H2,(H,19,22,23);1H,(H,2,3). The van der Waals surface area contributed by atoms with Crippen molar-refractivity contribution < 1.29 is 19.5 Å². The average molecular weight is 358 g/mol. The molecular weight excluding hydrogens is 336 g/mol. The molecule has 0 aliphatic carbocycles. The zero-order chi connectivity index (χ0) is 18.5. The molecule has 8 heteroatoms. The maximum atomic E-state index is 12.1. The Morgan fingerprint density at radius 3 is 2.58 bits per heavy atom. The first-order valence-electron chi connectivity index (χ1n) is 8.65. The quantitative estimate of drug-likeness (QED) is 0.709. The summed E-state index contributed by atoms with van der Waals surface area (Å²) in [6, 6.07) is 8.29. The third-order valence-electron chi connectivity index (χ3n) is 4.79. The smallest absolute Gasteiger partial charge is 0.328 e. The second kappa shape index (κ2) is 8.01. The summed E-state index contributed by atoms with van der Waals surface area (Å²) in [6.07, 6.45) is 4.70. The van der Waals surface area contributed by atoms with Crippen LogP contribution in [0.1, 0.15) is 25.3 Å². The van der Waals surface area contributed by atoms with Crippen LogP contribution in [0.25, 0.3) is 10.9 Å². The van der Waals surface area contributed by atoms with E-state index in [0.29, 0.717) is 19.0 Å². The molecule has 0 bridgehead atoms.